The normalized spacial score (nSPS) is 10.4. The predicted molar refractivity (Wildman–Crippen MR) is 71.3 cm³/mol. The second-order valence-corrected chi connectivity index (χ2v) is 4.37. The summed E-state index contributed by atoms with van der Waals surface area (Å²) in [7, 11) is 5.88. The Bertz CT molecular complexity index is 338. The highest BCUT2D eigenvalue weighted by molar-refractivity contribution is 5.89. The Balaban J connectivity index is 2.32. The quantitative estimate of drug-likeness (QED) is 0.848. The minimum absolute atomic E-state index is 0.0602. The third-order valence-electron chi connectivity index (χ3n) is 2.47. The first-order chi connectivity index (χ1) is 8.09. The maximum absolute atomic E-state index is 11.8. The molecule has 4 heteroatoms. The minimum Gasteiger partial charge on any atom is -0.328 e. The molecule has 0 aliphatic rings. The number of amides is 2. The van der Waals surface area contributed by atoms with Crippen LogP contribution in [0.5, 0.6) is 0 Å². The van der Waals surface area contributed by atoms with Crippen LogP contribution in [-0.4, -0.2) is 50.1 Å². The predicted octanol–water partition coefficient (Wildman–Crippen LogP) is 2.10. The first kappa shape index (κ1) is 13.5. The van der Waals surface area contributed by atoms with Crippen LogP contribution >= 0.6 is 0 Å². The number of hydrogen-bond acceptors (Lipinski definition) is 2. The van der Waals surface area contributed by atoms with E-state index in [1.807, 2.05) is 51.5 Å². The van der Waals surface area contributed by atoms with E-state index in [0.29, 0.717) is 0 Å². The van der Waals surface area contributed by atoms with Gasteiger partial charge in [-0.2, -0.15) is 0 Å². The lowest BCUT2D eigenvalue weighted by Gasteiger charge is -2.19. The van der Waals surface area contributed by atoms with Crippen molar-refractivity contribution in [2.45, 2.75) is 6.42 Å². The zero-order valence-electron chi connectivity index (χ0n) is 10.8. The third-order valence-corrected chi connectivity index (χ3v) is 2.47. The number of benzene rings is 1. The highest BCUT2D eigenvalue weighted by Gasteiger charge is 2.07. The highest BCUT2D eigenvalue weighted by atomic mass is 16.2. The van der Waals surface area contributed by atoms with Crippen LogP contribution in [0.15, 0.2) is 30.3 Å². The van der Waals surface area contributed by atoms with Crippen molar-refractivity contribution in [2.75, 3.05) is 39.5 Å². The van der Waals surface area contributed by atoms with Crippen molar-refractivity contribution in [3.63, 3.8) is 0 Å². The van der Waals surface area contributed by atoms with Crippen molar-refractivity contribution in [2.24, 2.45) is 0 Å². The van der Waals surface area contributed by atoms with Crippen LogP contribution in [0.2, 0.25) is 0 Å². The molecule has 4 nitrogen and oxygen atoms in total. The summed E-state index contributed by atoms with van der Waals surface area (Å²) in [6.45, 7) is 1.75. The lowest BCUT2D eigenvalue weighted by atomic mass is 10.3. The van der Waals surface area contributed by atoms with Crippen LogP contribution in [0.3, 0.4) is 0 Å². The zero-order chi connectivity index (χ0) is 12.7. The van der Waals surface area contributed by atoms with Crippen molar-refractivity contribution < 1.29 is 4.79 Å². The average molecular weight is 235 g/mol. The summed E-state index contributed by atoms with van der Waals surface area (Å²) in [6, 6.07) is 9.44. The fraction of sp³-hybridized carbons (Fsp3) is 0.462. The smallest absolute Gasteiger partial charge is 0.321 e. The molecule has 0 aliphatic carbocycles. The van der Waals surface area contributed by atoms with Crippen molar-refractivity contribution >= 4 is 11.7 Å². The van der Waals surface area contributed by atoms with Gasteiger partial charge in [-0.1, -0.05) is 18.2 Å². The van der Waals surface area contributed by atoms with E-state index in [2.05, 4.69) is 10.2 Å². The number of nitrogens with one attached hydrogen (secondary N) is 1. The van der Waals surface area contributed by atoms with E-state index in [9.17, 15) is 4.79 Å². The number of carbonyl (C=O) groups is 1. The first-order valence-electron chi connectivity index (χ1n) is 5.81. The molecule has 0 heterocycles. The Labute approximate surface area is 103 Å². The molecular formula is C13H21N3O. The molecule has 0 fully saturated rings. The van der Waals surface area contributed by atoms with Gasteiger partial charge >= 0.3 is 6.03 Å². The second-order valence-electron chi connectivity index (χ2n) is 4.37. The molecule has 0 spiro atoms. The van der Waals surface area contributed by atoms with E-state index < -0.39 is 0 Å². The van der Waals surface area contributed by atoms with Crippen molar-refractivity contribution in [3.8, 4) is 0 Å². The van der Waals surface area contributed by atoms with Gasteiger partial charge in [0, 0.05) is 19.3 Å². The van der Waals surface area contributed by atoms with E-state index in [-0.39, 0.29) is 6.03 Å². The summed E-state index contributed by atoms with van der Waals surface area (Å²) in [5.74, 6) is 0. The number of rotatable bonds is 5. The molecule has 1 rings (SSSR count). The average Bonchev–Trinajstić information content (AvgIpc) is 2.29. The fourth-order valence-corrected chi connectivity index (χ4v) is 1.47. The van der Waals surface area contributed by atoms with E-state index >= 15 is 0 Å². The molecule has 94 valence electrons. The van der Waals surface area contributed by atoms with Gasteiger partial charge in [-0.3, -0.25) is 0 Å². The van der Waals surface area contributed by atoms with Crippen molar-refractivity contribution in [3.05, 3.63) is 30.3 Å². The standard InChI is InChI=1S/C13H21N3O/c1-15(2)10-7-11-16(3)13(17)14-12-8-5-4-6-9-12/h4-6,8-9H,7,10-11H2,1-3H3,(H,14,17). The molecule has 0 radical (unpaired) electrons. The summed E-state index contributed by atoms with van der Waals surface area (Å²) in [5, 5.41) is 2.85. The van der Waals surface area contributed by atoms with Gasteiger partial charge in [-0.25, -0.2) is 4.79 Å². The highest BCUT2D eigenvalue weighted by Crippen LogP contribution is 2.06. The molecule has 0 aliphatic heterocycles. The molecule has 1 aromatic rings. The molecule has 0 atom stereocenters. The summed E-state index contributed by atoms with van der Waals surface area (Å²) in [5.41, 5.74) is 0.831. The molecule has 0 aromatic heterocycles. The number of para-hydroxylation sites is 1. The van der Waals surface area contributed by atoms with Gasteiger partial charge in [0.05, 0.1) is 0 Å². The molecule has 2 amide bonds. The topological polar surface area (TPSA) is 35.6 Å². The Morgan fingerprint density at radius 3 is 2.35 bits per heavy atom. The minimum atomic E-state index is -0.0602. The third kappa shape index (κ3) is 5.36. The summed E-state index contributed by atoms with van der Waals surface area (Å²) >= 11 is 0. The van der Waals surface area contributed by atoms with Gasteiger partial charge in [0.25, 0.3) is 0 Å². The van der Waals surface area contributed by atoms with Gasteiger partial charge < -0.3 is 15.1 Å². The monoisotopic (exact) mass is 235 g/mol. The Morgan fingerprint density at radius 2 is 1.76 bits per heavy atom. The van der Waals surface area contributed by atoms with Crippen LogP contribution in [0.1, 0.15) is 6.42 Å². The summed E-state index contributed by atoms with van der Waals surface area (Å²) < 4.78 is 0. The molecule has 0 unspecified atom stereocenters. The van der Waals surface area contributed by atoms with Crippen LogP contribution in [-0.2, 0) is 0 Å². The maximum Gasteiger partial charge on any atom is 0.321 e. The molecule has 0 saturated heterocycles. The Hall–Kier alpha value is -1.55. The molecule has 0 saturated carbocycles. The maximum atomic E-state index is 11.8. The van der Waals surface area contributed by atoms with Crippen LogP contribution in [0.4, 0.5) is 10.5 Å². The van der Waals surface area contributed by atoms with Crippen LogP contribution < -0.4 is 5.32 Å². The molecule has 1 N–H and O–H groups in total. The summed E-state index contributed by atoms with van der Waals surface area (Å²) in [4.78, 5) is 15.6. The van der Waals surface area contributed by atoms with Crippen LogP contribution in [0.25, 0.3) is 0 Å². The van der Waals surface area contributed by atoms with E-state index in [4.69, 9.17) is 0 Å². The fourth-order valence-electron chi connectivity index (χ4n) is 1.47. The van der Waals surface area contributed by atoms with Gasteiger partial charge in [0.1, 0.15) is 0 Å². The van der Waals surface area contributed by atoms with Gasteiger partial charge in [0.15, 0.2) is 0 Å². The SMILES string of the molecule is CN(C)CCCN(C)C(=O)Nc1ccccc1. The Kier molecular flexibility index (Phi) is 5.49. The van der Waals surface area contributed by atoms with E-state index in [1.165, 1.54) is 0 Å². The van der Waals surface area contributed by atoms with E-state index in [1.54, 1.807) is 4.90 Å². The van der Waals surface area contributed by atoms with Gasteiger partial charge in [0.2, 0.25) is 0 Å². The van der Waals surface area contributed by atoms with Gasteiger partial charge in [-0.15, -0.1) is 0 Å². The molecule has 1 aromatic carbocycles. The summed E-state index contributed by atoms with van der Waals surface area (Å²) in [6.07, 6.45) is 0.978. The first-order valence-corrected chi connectivity index (χ1v) is 5.81. The number of anilines is 1. The molecule has 0 bridgehead atoms. The molecular weight excluding hydrogens is 214 g/mol. The lowest BCUT2D eigenvalue weighted by molar-refractivity contribution is 0.220. The Morgan fingerprint density at radius 1 is 1.12 bits per heavy atom. The number of hydrogen-bond donors (Lipinski definition) is 1. The van der Waals surface area contributed by atoms with Crippen molar-refractivity contribution in [1.82, 2.24) is 9.80 Å². The number of urea groups is 1. The van der Waals surface area contributed by atoms with Crippen LogP contribution in [0, 0.1) is 0 Å². The largest absolute Gasteiger partial charge is 0.328 e. The van der Waals surface area contributed by atoms with E-state index in [0.717, 1.165) is 25.2 Å². The number of nitrogens with zero attached hydrogens (tertiary/aromatic N) is 2. The van der Waals surface area contributed by atoms with Crippen molar-refractivity contribution in [1.29, 1.82) is 0 Å². The lowest BCUT2D eigenvalue weighted by Crippen LogP contribution is -2.33. The molecule has 17 heavy (non-hydrogen) atoms. The number of carbonyl (C=O) groups excluding carboxylic acids is 1. The second kappa shape index (κ2) is 6.91. The zero-order valence-corrected chi connectivity index (χ0v) is 10.8. The van der Waals surface area contributed by atoms with Gasteiger partial charge in [-0.05, 0) is 39.2 Å².